The molecule has 0 aromatic heterocycles. The average molecular weight is 1090 g/mol. The zero-order valence-electron chi connectivity index (χ0n) is 38.4. The predicted octanol–water partition coefficient (Wildman–Crippen LogP) is -8.36. The number of thiol groups is 4. The highest BCUT2D eigenvalue weighted by atomic mass is 32.1. The topological polar surface area (TPSA) is 521 Å². The Balaban J connectivity index is 6.45. The van der Waals surface area contributed by atoms with Crippen molar-refractivity contribution in [2.45, 2.75) is 112 Å². The zero-order chi connectivity index (χ0) is 54.5. The Hall–Kier alpha value is -5.97. The number of guanidine groups is 2. The third-order valence-electron chi connectivity index (χ3n) is 9.58. The Kier molecular flexibility index (Phi) is 31.5. The van der Waals surface area contributed by atoms with E-state index < -0.39 is 163 Å². The fourth-order valence-electron chi connectivity index (χ4n) is 5.77. The number of aliphatic hydroxyl groups is 1. The average Bonchev–Trinajstić information content (AvgIpc) is 3.29. The Bertz CT molecular complexity index is 1910. The van der Waals surface area contributed by atoms with Gasteiger partial charge in [0.2, 0.25) is 53.2 Å². The Labute approximate surface area is 429 Å². The van der Waals surface area contributed by atoms with Gasteiger partial charge in [-0.3, -0.25) is 58.8 Å². The maximum absolute atomic E-state index is 14.0. The van der Waals surface area contributed by atoms with Crippen LogP contribution in [0.5, 0.6) is 0 Å². The van der Waals surface area contributed by atoms with Gasteiger partial charge in [-0.15, -0.1) is 0 Å². The van der Waals surface area contributed by atoms with Crippen LogP contribution in [0.15, 0.2) is 0 Å². The Morgan fingerprint density at radius 1 is 0.493 bits per heavy atom. The number of aliphatic carboxylic acids is 2. The highest BCUT2D eigenvalue weighted by Crippen LogP contribution is 2.08. The van der Waals surface area contributed by atoms with E-state index in [4.69, 9.17) is 33.8 Å². The Morgan fingerprint density at radius 3 is 1.07 bits per heavy atom. The highest BCUT2D eigenvalue weighted by molar-refractivity contribution is 7.80. The van der Waals surface area contributed by atoms with Gasteiger partial charge in [-0.25, -0.2) is 4.79 Å². The van der Waals surface area contributed by atoms with Gasteiger partial charge in [-0.1, -0.05) is 0 Å². The molecule has 0 aromatic rings. The molecular weight excluding hydrogens is 1020 g/mol. The molecular formula is C37H66N16O14S4. The number of rotatable bonds is 35. The summed E-state index contributed by atoms with van der Waals surface area (Å²) in [6.45, 7) is 1.08. The van der Waals surface area contributed by atoms with Gasteiger partial charge >= 0.3 is 11.9 Å². The first-order chi connectivity index (χ1) is 33.2. The standard InChI is InChI=1S/C37H66N16O14S4/c1-15(54)26(35(66)67)53-30(61)19(6-7-25(56)57)48-29(60)17(4-2-8-44-36(40)41)46-28(59)18(5-3-9-45-37(42)43)47-31(62)21(12-69)50-33(64)23(14-71)52-34(65)22(13-70)51-32(63)20(11-68)49-27(58)16(38)10-24(39)55/h15-23,26,54,68-71H,2-14,38H2,1H3,(H2,39,55)(H,46,59)(H,47,62)(H,48,60)(H,49,58)(H,50,64)(H,51,63)(H,52,65)(H,53,61)(H,56,57)(H,66,67)(H4,40,41,44)(H4,42,43,45)/t15-,16+,17+,18+,19+,20+,21+,22+,23+,26+/m1/s1. The van der Waals surface area contributed by atoms with Gasteiger partial charge in [0.15, 0.2) is 18.0 Å². The lowest BCUT2D eigenvalue weighted by Crippen LogP contribution is -2.61. The minimum Gasteiger partial charge on any atom is -0.481 e. The largest absolute Gasteiger partial charge is 0.481 e. The van der Waals surface area contributed by atoms with Crippen LogP contribution in [-0.4, -0.2) is 189 Å². The second kappa shape index (κ2) is 34.4. The third-order valence-corrected chi connectivity index (χ3v) is 11.0. The maximum Gasteiger partial charge on any atom is 0.328 e. The number of hydrogen-bond donors (Lipinski definition) is 23. The molecule has 9 amide bonds. The van der Waals surface area contributed by atoms with Crippen molar-refractivity contribution in [1.29, 1.82) is 10.8 Å². The molecule has 0 aliphatic heterocycles. The van der Waals surface area contributed by atoms with Gasteiger partial charge in [0.1, 0.15) is 42.3 Å². The van der Waals surface area contributed by atoms with E-state index in [0.717, 1.165) is 6.92 Å². The minimum atomic E-state index is -1.86. The molecule has 0 aliphatic rings. The van der Waals surface area contributed by atoms with Crippen LogP contribution in [0.2, 0.25) is 0 Å². The van der Waals surface area contributed by atoms with Crippen molar-refractivity contribution >= 4 is 128 Å². The summed E-state index contributed by atoms with van der Waals surface area (Å²) in [5.74, 6) is -14.1. The van der Waals surface area contributed by atoms with E-state index in [9.17, 15) is 68.1 Å². The summed E-state index contributed by atoms with van der Waals surface area (Å²) in [4.78, 5) is 141. The maximum atomic E-state index is 14.0. The summed E-state index contributed by atoms with van der Waals surface area (Å²) in [5, 5.41) is 67.1. The molecule has 10 atom stereocenters. The highest BCUT2D eigenvalue weighted by Gasteiger charge is 2.35. The molecule has 402 valence electrons. The summed E-state index contributed by atoms with van der Waals surface area (Å²) in [5.41, 5.74) is 21.4. The molecule has 0 rings (SSSR count). The minimum absolute atomic E-state index is 0.00295. The van der Waals surface area contributed by atoms with Gasteiger partial charge < -0.3 is 91.4 Å². The van der Waals surface area contributed by atoms with Crippen LogP contribution in [0.3, 0.4) is 0 Å². The third kappa shape index (κ3) is 26.2. The van der Waals surface area contributed by atoms with E-state index in [1.54, 1.807) is 0 Å². The first-order valence-electron chi connectivity index (χ1n) is 21.4. The number of nitrogens with two attached hydrogens (primary N) is 4. The molecule has 0 unspecified atom stereocenters. The smallest absolute Gasteiger partial charge is 0.328 e. The van der Waals surface area contributed by atoms with Crippen LogP contribution in [0.1, 0.15) is 51.9 Å². The SMILES string of the molecule is C[C@@H](O)[C@H](NC(=O)[C@H](CCC(=O)O)NC(=O)[C@H](CCCNC(=N)N)NC(=O)[C@H](CCCNC(=N)N)NC(=O)[C@H](CS)NC(=O)[C@H](CS)NC(=O)[C@H](CS)NC(=O)[C@H](CS)NC(=O)[C@@H](N)CC(N)=O)C(=O)O. The van der Waals surface area contributed by atoms with E-state index in [2.05, 4.69) is 98.4 Å². The first-order valence-corrected chi connectivity index (χ1v) is 23.9. The molecule has 23 N–H and O–H groups in total. The van der Waals surface area contributed by atoms with Crippen molar-refractivity contribution < 1.29 is 68.1 Å². The van der Waals surface area contributed by atoms with E-state index >= 15 is 0 Å². The molecule has 0 fully saturated rings. The number of primary amides is 1. The second-order valence-electron chi connectivity index (χ2n) is 15.4. The van der Waals surface area contributed by atoms with Crippen LogP contribution >= 0.6 is 50.5 Å². The number of hydrogen-bond acceptors (Lipinski definition) is 19. The van der Waals surface area contributed by atoms with Gasteiger partial charge in [0.25, 0.3) is 0 Å². The number of amides is 9. The van der Waals surface area contributed by atoms with Crippen LogP contribution < -0.4 is 76.1 Å². The molecule has 0 aliphatic carbocycles. The summed E-state index contributed by atoms with van der Waals surface area (Å²) in [7, 11) is 0. The molecule has 30 nitrogen and oxygen atoms in total. The molecule has 0 spiro atoms. The normalized spacial score (nSPS) is 15.0. The summed E-state index contributed by atoms with van der Waals surface area (Å²) < 4.78 is 0. The zero-order valence-corrected chi connectivity index (χ0v) is 42.0. The summed E-state index contributed by atoms with van der Waals surface area (Å²) in [6, 6.07) is -13.8. The molecule has 0 radical (unpaired) electrons. The quantitative estimate of drug-likeness (QED) is 0.0121. The van der Waals surface area contributed by atoms with Crippen molar-refractivity contribution in [3.05, 3.63) is 0 Å². The number of carboxylic acid groups (broad SMARTS) is 2. The summed E-state index contributed by atoms with van der Waals surface area (Å²) >= 11 is 16.4. The van der Waals surface area contributed by atoms with Crippen molar-refractivity contribution in [2.24, 2.45) is 22.9 Å². The molecule has 0 heterocycles. The van der Waals surface area contributed by atoms with Crippen molar-refractivity contribution in [3.8, 4) is 0 Å². The summed E-state index contributed by atoms with van der Waals surface area (Å²) in [6.07, 6.45) is -3.73. The van der Waals surface area contributed by atoms with Gasteiger partial charge in [-0.2, -0.15) is 50.5 Å². The Morgan fingerprint density at radius 2 is 0.789 bits per heavy atom. The number of carbonyl (C=O) groups is 11. The van der Waals surface area contributed by atoms with Crippen LogP contribution in [0, 0.1) is 10.8 Å². The number of carbonyl (C=O) groups excluding carboxylic acids is 9. The van der Waals surface area contributed by atoms with Crippen molar-refractivity contribution in [2.75, 3.05) is 36.1 Å². The lowest BCUT2D eigenvalue weighted by Gasteiger charge is -2.27. The van der Waals surface area contributed by atoms with Crippen LogP contribution in [0.4, 0.5) is 0 Å². The molecule has 0 saturated carbocycles. The van der Waals surface area contributed by atoms with E-state index in [0.29, 0.717) is 0 Å². The van der Waals surface area contributed by atoms with Crippen molar-refractivity contribution in [1.82, 2.24) is 53.2 Å². The molecule has 0 bridgehead atoms. The first kappa shape index (κ1) is 65.0. The van der Waals surface area contributed by atoms with Gasteiger partial charge in [-0.05, 0) is 39.0 Å². The lowest BCUT2D eigenvalue weighted by molar-refractivity contribution is -0.145. The van der Waals surface area contributed by atoms with Crippen molar-refractivity contribution in [3.63, 3.8) is 0 Å². The van der Waals surface area contributed by atoms with Gasteiger partial charge in [0.05, 0.1) is 18.6 Å². The number of carboxylic acids is 2. The van der Waals surface area contributed by atoms with Crippen LogP contribution in [-0.2, 0) is 52.7 Å². The molecule has 34 heteroatoms. The number of aliphatic hydroxyl groups excluding tert-OH is 1. The lowest BCUT2D eigenvalue weighted by atomic mass is 10.0. The number of nitrogens with one attached hydrogen (secondary N) is 12. The monoisotopic (exact) mass is 1090 g/mol. The fourth-order valence-corrected chi connectivity index (χ4v) is 6.80. The predicted molar refractivity (Wildman–Crippen MR) is 267 cm³/mol. The van der Waals surface area contributed by atoms with Gasteiger partial charge in [0, 0.05) is 42.5 Å². The molecule has 0 saturated heterocycles. The molecule has 0 aromatic carbocycles. The molecule has 71 heavy (non-hydrogen) atoms. The van der Waals surface area contributed by atoms with E-state index in [1.807, 2.05) is 5.32 Å². The van der Waals surface area contributed by atoms with E-state index in [-0.39, 0.29) is 56.0 Å². The van der Waals surface area contributed by atoms with Crippen LogP contribution in [0.25, 0.3) is 0 Å². The van der Waals surface area contributed by atoms with E-state index in [1.165, 1.54) is 0 Å². The second-order valence-corrected chi connectivity index (χ2v) is 16.9. The fraction of sp³-hybridized carbons (Fsp3) is 0.649.